The van der Waals surface area contributed by atoms with Crippen LogP contribution < -0.4 is 0 Å². The number of benzene rings is 1. The monoisotopic (exact) mass is 287 g/mol. The van der Waals surface area contributed by atoms with Gasteiger partial charge in [0.25, 0.3) is 0 Å². The van der Waals surface area contributed by atoms with E-state index in [0.717, 1.165) is 17.7 Å². The minimum absolute atomic E-state index is 0.144. The van der Waals surface area contributed by atoms with Crippen molar-refractivity contribution in [1.82, 2.24) is 4.98 Å². The third-order valence-corrected chi connectivity index (χ3v) is 2.75. The SMILES string of the molecule is Cc1ccnc(-c2ccc(F)c(CC(F)(F)F)c2F)c1. The number of nitrogens with zero attached hydrogens (tertiary/aromatic N) is 1. The Labute approximate surface area is 112 Å². The molecule has 0 saturated carbocycles. The number of hydrogen-bond acceptors (Lipinski definition) is 1. The molecule has 1 aromatic carbocycles. The third kappa shape index (κ3) is 3.12. The van der Waals surface area contributed by atoms with E-state index in [2.05, 4.69) is 4.98 Å². The van der Waals surface area contributed by atoms with Crippen molar-refractivity contribution in [2.45, 2.75) is 19.5 Å². The van der Waals surface area contributed by atoms with Gasteiger partial charge in [-0.15, -0.1) is 0 Å². The van der Waals surface area contributed by atoms with Crippen LogP contribution in [0.3, 0.4) is 0 Å². The molecule has 0 saturated heterocycles. The number of aryl methyl sites for hydroxylation is 1. The Kier molecular flexibility index (Phi) is 3.74. The second kappa shape index (κ2) is 5.19. The lowest BCUT2D eigenvalue weighted by molar-refractivity contribution is -0.128. The number of hydrogen-bond donors (Lipinski definition) is 0. The van der Waals surface area contributed by atoms with Gasteiger partial charge in [0.15, 0.2) is 0 Å². The molecule has 0 radical (unpaired) electrons. The first-order valence-corrected chi connectivity index (χ1v) is 5.74. The van der Waals surface area contributed by atoms with E-state index in [4.69, 9.17) is 0 Å². The van der Waals surface area contributed by atoms with Crippen molar-refractivity contribution < 1.29 is 22.0 Å². The normalized spacial score (nSPS) is 11.7. The summed E-state index contributed by atoms with van der Waals surface area (Å²) >= 11 is 0. The summed E-state index contributed by atoms with van der Waals surface area (Å²) < 4.78 is 64.5. The van der Waals surface area contributed by atoms with Crippen molar-refractivity contribution >= 4 is 0 Å². The van der Waals surface area contributed by atoms with Gasteiger partial charge in [-0.1, -0.05) is 0 Å². The lowest BCUT2D eigenvalue weighted by atomic mass is 10.0. The molecule has 20 heavy (non-hydrogen) atoms. The fraction of sp³-hybridized carbons (Fsp3) is 0.214. The van der Waals surface area contributed by atoms with Crippen molar-refractivity contribution in [3.63, 3.8) is 0 Å². The molecular formula is C14H10F5N. The Morgan fingerprint density at radius 1 is 1.10 bits per heavy atom. The van der Waals surface area contributed by atoms with E-state index in [9.17, 15) is 22.0 Å². The van der Waals surface area contributed by atoms with Gasteiger partial charge in [-0.05, 0) is 36.8 Å². The van der Waals surface area contributed by atoms with Gasteiger partial charge < -0.3 is 0 Å². The molecule has 1 heterocycles. The van der Waals surface area contributed by atoms with Gasteiger partial charge in [0, 0.05) is 17.3 Å². The zero-order chi connectivity index (χ0) is 14.9. The Morgan fingerprint density at radius 3 is 2.40 bits per heavy atom. The zero-order valence-electron chi connectivity index (χ0n) is 10.4. The van der Waals surface area contributed by atoms with Gasteiger partial charge in [0.1, 0.15) is 11.6 Å². The number of halogens is 5. The summed E-state index contributed by atoms with van der Waals surface area (Å²) in [5.74, 6) is -2.43. The van der Waals surface area contributed by atoms with Crippen LogP contribution in [0.4, 0.5) is 22.0 Å². The molecule has 0 spiro atoms. The molecule has 0 fully saturated rings. The summed E-state index contributed by atoms with van der Waals surface area (Å²) in [5, 5.41) is 0. The Bertz CT molecular complexity index is 634. The Morgan fingerprint density at radius 2 is 1.80 bits per heavy atom. The van der Waals surface area contributed by atoms with Gasteiger partial charge in [-0.3, -0.25) is 4.98 Å². The Balaban J connectivity index is 2.54. The number of rotatable bonds is 2. The number of aromatic nitrogens is 1. The van der Waals surface area contributed by atoms with E-state index < -0.39 is 29.8 Å². The van der Waals surface area contributed by atoms with Crippen molar-refractivity contribution in [2.75, 3.05) is 0 Å². The van der Waals surface area contributed by atoms with Gasteiger partial charge in [-0.2, -0.15) is 13.2 Å². The van der Waals surface area contributed by atoms with E-state index in [1.807, 2.05) is 0 Å². The first-order valence-electron chi connectivity index (χ1n) is 5.74. The molecular weight excluding hydrogens is 277 g/mol. The van der Waals surface area contributed by atoms with E-state index in [1.165, 1.54) is 12.3 Å². The summed E-state index contributed by atoms with van der Waals surface area (Å²) in [6, 6.07) is 5.10. The van der Waals surface area contributed by atoms with Crippen LogP contribution in [0.5, 0.6) is 0 Å². The summed E-state index contributed by atoms with van der Waals surface area (Å²) in [6.45, 7) is 1.74. The van der Waals surface area contributed by atoms with Crippen molar-refractivity contribution in [2.24, 2.45) is 0 Å². The minimum atomic E-state index is -4.68. The van der Waals surface area contributed by atoms with Crippen LogP contribution >= 0.6 is 0 Å². The predicted molar refractivity (Wildman–Crippen MR) is 64.1 cm³/mol. The summed E-state index contributed by atoms with van der Waals surface area (Å²) in [4.78, 5) is 3.89. The molecule has 0 atom stereocenters. The van der Waals surface area contributed by atoms with Crippen molar-refractivity contribution in [3.05, 3.63) is 53.2 Å². The Hall–Kier alpha value is -1.98. The largest absolute Gasteiger partial charge is 0.393 e. The van der Waals surface area contributed by atoms with Gasteiger partial charge in [-0.25, -0.2) is 8.78 Å². The molecule has 0 aliphatic carbocycles. The molecule has 0 aliphatic rings. The van der Waals surface area contributed by atoms with Crippen molar-refractivity contribution in [3.8, 4) is 11.3 Å². The highest BCUT2D eigenvalue weighted by Crippen LogP contribution is 2.30. The second-order valence-electron chi connectivity index (χ2n) is 4.40. The van der Waals surface area contributed by atoms with E-state index in [1.54, 1.807) is 13.0 Å². The molecule has 0 amide bonds. The van der Waals surface area contributed by atoms with Crippen LogP contribution in [-0.4, -0.2) is 11.2 Å². The molecule has 1 aromatic heterocycles. The van der Waals surface area contributed by atoms with Crippen LogP contribution in [0.2, 0.25) is 0 Å². The maximum atomic E-state index is 14.1. The van der Waals surface area contributed by atoms with Crippen LogP contribution in [0, 0.1) is 18.6 Å². The van der Waals surface area contributed by atoms with Crippen LogP contribution in [0.15, 0.2) is 30.5 Å². The van der Waals surface area contributed by atoms with Crippen LogP contribution in [-0.2, 0) is 6.42 Å². The molecule has 6 heteroatoms. The molecule has 0 bridgehead atoms. The fourth-order valence-corrected chi connectivity index (χ4v) is 1.84. The summed E-state index contributed by atoms with van der Waals surface area (Å²) in [7, 11) is 0. The average Bonchev–Trinajstić information content (AvgIpc) is 2.33. The maximum absolute atomic E-state index is 14.1. The first kappa shape index (κ1) is 14.4. The van der Waals surface area contributed by atoms with Gasteiger partial charge in [0.2, 0.25) is 0 Å². The molecule has 0 aliphatic heterocycles. The maximum Gasteiger partial charge on any atom is 0.393 e. The van der Waals surface area contributed by atoms with E-state index in [-0.39, 0.29) is 11.3 Å². The summed E-state index contributed by atoms with van der Waals surface area (Å²) in [6.07, 6.45) is -4.92. The summed E-state index contributed by atoms with van der Waals surface area (Å²) in [5.41, 5.74) is -0.185. The highest BCUT2D eigenvalue weighted by molar-refractivity contribution is 5.61. The van der Waals surface area contributed by atoms with Crippen LogP contribution in [0.1, 0.15) is 11.1 Å². The number of alkyl halides is 3. The minimum Gasteiger partial charge on any atom is -0.256 e. The predicted octanol–water partition coefficient (Wildman–Crippen LogP) is 4.44. The highest BCUT2D eigenvalue weighted by atomic mass is 19.4. The smallest absolute Gasteiger partial charge is 0.256 e. The molecule has 106 valence electrons. The highest BCUT2D eigenvalue weighted by Gasteiger charge is 2.32. The quantitative estimate of drug-likeness (QED) is 0.744. The van der Waals surface area contributed by atoms with E-state index in [0.29, 0.717) is 0 Å². The molecule has 0 N–H and O–H groups in total. The molecule has 1 nitrogen and oxygen atoms in total. The standard InChI is InChI=1S/C14H10F5N/c1-8-4-5-20-12(6-8)9-2-3-11(15)10(13(9)16)7-14(17,18)19/h2-6H,7H2,1H3. The third-order valence-electron chi connectivity index (χ3n) is 2.75. The lowest BCUT2D eigenvalue weighted by Crippen LogP contribution is -2.15. The fourth-order valence-electron chi connectivity index (χ4n) is 1.84. The van der Waals surface area contributed by atoms with E-state index >= 15 is 0 Å². The van der Waals surface area contributed by atoms with Crippen LogP contribution in [0.25, 0.3) is 11.3 Å². The second-order valence-corrected chi connectivity index (χ2v) is 4.40. The van der Waals surface area contributed by atoms with Gasteiger partial charge in [0.05, 0.1) is 12.1 Å². The molecule has 2 rings (SSSR count). The molecule has 2 aromatic rings. The zero-order valence-corrected chi connectivity index (χ0v) is 10.4. The lowest BCUT2D eigenvalue weighted by Gasteiger charge is -2.11. The average molecular weight is 287 g/mol. The molecule has 0 unspecified atom stereocenters. The topological polar surface area (TPSA) is 12.9 Å². The first-order chi connectivity index (χ1) is 9.28. The van der Waals surface area contributed by atoms with Crippen molar-refractivity contribution in [1.29, 1.82) is 0 Å². The number of pyridine rings is 1. The van der Waals surface area contributed by atoms with Gasteiger partial charge >= 0.3 is 6.18 Å².